The van der Waals surface area contributed by atoms with Crippen LogP contribution in [0.1, 0.15) is 26.0 Å². The summed E-state index contributed by atoms with van der Waals surface area (Å²) < 4.78 is 2.10. The molecule has 1 aromatic rings. The van der Waals surface area contributed by atoms with Crippen molar-refractivity contribution < 1.29 is 9.90 Å². The molecule has 0 aromatic carbocycles. The summed E-state index contributed by atoms with van der Waals surface area (Å²) in [5, 5.41) is 9.53. The van der Waals surface area contributed by atoms with Crippen molar-refractivity contribution in [1.29, 1.82) is 0 Å². The van der Waals surface area contributed by atoms with Gasteiger partial charge in [-0.1, -0.05) is 25.6 Å². The highest BCUT2D eigenvalue weighted by Gasteiger charge is 2.10. The Morgan fingerprint density at radius 2 is 2.21 bits per heavy atom. The van der Waals surface area contributed by atoms with Crippen LogP contribution in [0.4, 0.5) is 0 Å². The maximum absolute atomic E-state index is 10.6. The molecule has 0 aliphatic rings. The van der Waals surface area contributed by atoms with E-state index >= 15 is 0 Å². The lowest BCUT2D eigenvalue weighted by Gasteiger charge is -2.20. The fraction of sp³-hybridized carbons (Fsp3) is 0.692. The average molecular weight is 285 g/mol. The summed E-state index contributed by atoms with van der Waals surface area (Å²) in [7, 11) is 0. The first-order valence-corrected chi connectivity index (χ1v) is 7.66. The van der Waals surface area contributed by atoms with Gasteiger partial charge in [0.2, 0.25) is 0 Å². The maximum atomic E-state index is 10.6. The van der Waals surface area contributed by atoms with Gasteiger partial charge in [0.05, 0.1) is 5.75 Å². The first-order valence-electron chi connectivity index (χ1n) is 6.67. The number of rotatable bonds is 9. The summed E-state index contributed by atoms with van der Waals surface area (Å²) in [6, 6.07) is 0. The fourth-order valence-corrected chi connectivity index (χ4v) is 2.71. The van der Waals surface area contributed by atoms with Crippen LogP contribution in [-0.2, 0) is 11.3 Å². The number of aromatic nitrogens is 2. The van der Waals surface area contributed by atoms with Crippen LogP contribution in [0.5, 0.6) is 0 Å². The van der Waals surface area contributed by atoms with Gasteiger partial charge in [-0.15, -0.1) is 0 Å². The Kier molecular flexibility index (Phi) is 6.94. The number of hydrogen-bond donors (Lipinski definition) is 1. The lowest BCUT2D eigenvalue weighted by Crippen LogP contribution is -2.28. The van der Waals surface area contributed by atoms with Gasteiger partial charge in [-0.05, 0) is 26.4 Å². The Hall–Kier alpha value is -1.01. The Balaban J connectivity index is 2.60. The third kappa shape index (κ3) is 5.24. The summed E-state index contributed by atoms with van der Waals surface area (Å²) in [5.74, 6) is -0.749. The molecule has 1 N–H and O–H groups in total. The van der Waals surface area contributed by atoms with Crippen LogP contribution < -0.4 is 0 Å². The van der Waals surface area contributed by atoms with Gasteiger partial charge < -0.3 is 14.6 Å². The van der Waals surface area contributed by atoms with Crippen molar-refractivity contribution in [3.8, 4) is 0 Å². The molecule has 0 unspecified atom stereocenters. The van der Waals surface area contributed by atoms with Crippen LogP contribution in [0.15, 0.2) is 11.4 Å². The van der Waals surface area contributed by atoms with Gasteiger partial charge in [-0.3, -0.25) is 4.79 Å². The van der Waals surface area contributed by atoms with Crippen LogP contribution in [-0.4, -0.2) is 50.9 Å². The number of thioether (sulfide) groups is 1. The molecule has 5 nitrogen and oxygen atoms in total. The molecule has 0 aliphatic carbocycles. The molecule has 1 rings (SSSR count). The monoisotopic (exact) mass is 285 g/mol. The minimum absolute atomic E-state index is 0.0584. The zero-order valence-electron chi connectivity index (χ0n) is 11.9. The zero-order valence-corrected chi connectivity index (χ0v) is 12.7. The predicted molar refractivity (Wildman–Crippen MR) is 77.7 cm³/mol. The second-order valence-electron chi connectivity index (χ2n) is 4.45. The summed E-state index contributed by atoms with van der Waals surface area (Å²) in [6.45, 7) is 10.3. The molecule has 0 aliphatic heterocycles. The molecule has 19 heavy (non-hydrogen) atoms. The Morgan fingerprint density at radius 1 is 1.47 bits per heavy atom. The van der Waals surface area contributed by atoms with Crippen molar-refractivity contribution in [3.05, 3.63) is 11.9 Å². The predicted octanol–water partition coefficient (Wildman–Crippen LogP) is 2.10. The van der Waals surface area contributed by atoms with Gasteiger partial charge in [0.25, 0.3) is 0 Å². The van der Waals surface area contributed by atoms with E-state index < -0.39 is 5.97 Å². The molecule has 0 fully saturated rings. The van der Waals surface area contributed by atoms with Crippen molar-refractivity contribution >= 4 is 17.7 Å². The number of nitrogens with zero attached hydrogens (tertiary/aromatic N) is 3. The van der Waals surface area contributed by atoms with Crippen LogP contribution in [0.2, 0.25) is 0 Å². The minimum Gasteiger partial charge on any atom is -0.481 e. The summed E-state index contributed by atoms with van der Waals surface area (Å²) >= 11 is 1.28. The second-order valence-corrected chi connectivity index (χ2v) is 5.39. The van der Waals surface area contributed by atoms with Crippen molar-refractivity contribution in [2.75, 3.05) is 25.4 Å². The highest BCUT2D eigenvalue weighted by molar-refractivity contribution is 7.99. The molecule has 0 saturated carbocycles. The molecule has 0 saturated heterocycles. The quantitative estimate of drug-likeness (QED) is 0.704. The fourth-order valence-electron chi connectivity index (χ4n) is 1.94. The van der Waals surface area contributed by atoms with Crippen molar-refractivity contribution in [3.63, 3.8) is 0 Å². The van der Waals surface area contributed by atoms with E-state index in [1.54, 1.807) is 6.20 Å². The Bertz CT molecular complexity index is 407. The molecule has 0 spiro atoms. The maximum Gasteiger partial charge on any atom is 0.313 e. The van der Waals surface area contributed by atoms with Gasteiger partial charge in [-0.25, -0.2) is 4.98 Å². The molecule has 0 atom stereocenters. The van der Waals surface area contributed by atoms with Crippen molar-refractivity contribution in [1.82, 2.24) is 14.5 Å². The number of hydrogen-bond acceptors (Lipinski definition) is 4. The summed E-state index contributed by atoms with van der Waals surface area (Å²) in [5.41, 5.74) is 1.08. The van der Waals surface area contributed by atoms with Gasteiger partial charge in [-0.2, -0.15) is 0 Å². The van der Waals surface area contributed by atoms with E-state index in [0.29, 0.717) is 0 Å². The van der Waals surface area contributed by atoms with E-state index in [9.17, 15) is 4.79 Å². The third-order valence-corrected chi connectivity index (χ3v) is 3.95. The number of carbonyl (C=O) groups is 1. The van der Waals surface area contributed by atoms with E-state index in [0.717, 1.165) is 43.5 Å². The smallest absolute Gasteiger partial charge is 0.313 e. The summed E-state index contributed by atoms with van der Waals surface area (Å²) in [6.07, 6.45) is 2.96. The van der Waals surface area contributed by atoms with Gasteiger partial charge in [0, 0.05) is 25.0 Å². The molecule has 1 heterocycles. The van der Waals surface area contributed by atoms with Crippen molar-refractivity contribution in [2.24, 2.45) is 0 Å². The summed E-state index contributed by atoms with van der Waals surface area (Å²) in [4.78, 5) is 17.3. The molecular formula is C13H23N3O2S. The second kappa shape index (κ2) is 8.22. The normalized spacial score (nSPS) is 11.2. The Labute approximate surface area is 119 Å². The highest BCUT2D eigenvalue weighted by atomic mass is 32.2. The van der Waals surface area contributed by atoms with Gasteiger partial charge in [0.15, 0.2) is 5.16 Å². The topological polar surface area (TPSA) is 58.4 Å². The number of aliphatic carboxylic acids is 1. The molecule has 0 radical (unpaired) electrons. The molecule has 6 heteroatoms. The standard InChI is InChI=1S/C13H23N3O2S/c1-4-6-15(5-2)7-8-16-11(3)9-14-13(16)19-10-12(17)18/h9H,4-8,10H2,1-3H3,(H,17,18). The number of imidazole rings is 1. The lowest BCUT2D eigenvalue weighted by atomic mass is 10.4. The minimum atomic E-state index is -0.807. The zero-order chi connectivity index (χ0) is 14.3. The van der Waals surface area contributed by atoms with E-state index in [4.69, 9.17) is 5.11 Å². The van der Waals surface area contributed by atoms with E-state index in [1.165, 1.54) is 11.8 Å². The largest absolute Gasteiger partial charge is 0.481 e. The van der Waals surface area contributed by atoms with Crippen LogP contribution in [0.25, 0.3) is 0 Å². The van der Waals surface area contributed by atoms with Crippen LogP contribution in [0.3, 0.4) is 0 Å². The van der Waals surface area contributed by atoms with Gasteiger partial charge >= 0.3 is 5.97 Å². The number of likely N-dealkylation sites (N-methyl/N-ethyl adjacent to an activating group) is 1. The molecule has 0 amide bonds. The van der Waals surface area contributed by atoms with E-state index in [1.807, 2.05) is 6.92 Å². The first-order chi connectivity index (χ1) is 9.08. The first kappa shape index (κ1) is 16.0. The SMILES string of the molecule is CCCN(CC)CCn1c(C)cnc1SCC(=O)O. The highest BCUT2D eigenvalue weighted by Crippen LogP contribution is 2.18. The van der Waals surface area contributed by atoms with E-state index in [-0.39, 0.29) is 5.75 Å². The van der Waals surface area contributed by atoms with Crippen molar-refractivity contribution in [2.45, 2.75) is 38.9 Å². The number of carboxylic acid groups (broad SMARTS) is 1. The number of aryl methyl sites for hydroxylation is 1. The third-order valence-electron chi connectivity index (χ3n) is 2.97. The molecule has 1 aromatic heterocycles. The molecule has 108 valence electrons. The number of carboxylic acids is 1. The van der Waals surface area contributed by atoms with Crippen LogP contribution in [0, 0.1) is 6.92 Å². The average Bonchev–Trinajstić information content (AvgIpc) is 2.73. The van der Waals surface area contributed by atoms with Crippen LogP contribution >= 0.6 is 11.8 Å². The van der Waals surface area contributed by atoms with Gasteiger partial charge in [0.1, 0.15) is 0 Å². The molecule has 0 bridgehead atoms. The molecular weight excluding hydrogens is 262 g/mol. The van der Waals surface area contributed by atoms with E-state index in [2.05, 4.69) is 28.3 Å². The lowest BCUT2D eigenvalue weighted by molar-refractivity contribution is -0.133. The Morgan fingerprint density at radius 3 is 2.79 bits per heavy atom.